The van der Waals surface area contributed by atoms with Crippen LogP contribution in [0.2, 0.25) is 0 Å². The number of thiazole rings is 1. The summed E-state index contributed by atoms with van der Waals surface area (Å²) in [6.45, 7) is 1.89. The van der Waals surface area contributed by atoms with Gasteiger partial charge in [-0.25, -0.2) is 4.39 Å². The number of halogens is 1. The first kappa shape index (κ1) is 27.7. The quantitative estimate of drug-likeness (QED) is 0.359. The molecule has 1 aromatic heterocycles. The molecule has 2 amide bonds. The molecule has 9 nitrogen and oxygen atoms in total. The summed E-state index contributed by atoms with van der Waals surface area (Å²) in [7, 11) is 1.62. The summed E-state index contributed by atoms with van der Waals surface area (Å²) < 4.78 is 15.8. The van der Waals surface area contributed by atoms with Gasteiger partial charge in [-0.2, -0.15) is 5.26 Å². The Balaban J connectivity index is 1.80. The largest absolute Gasteiger partial charge is 0.363 e. The zero-order valence-corrected chi connectivity index (χ0v) is 21.6. The van der Waals surface area contributed by atoms with Crippen molar-refractivity contribution in [3.8, 4) is 18.4 Å². The minimum absolute atomic E-state index is 0.0431. The zero-order chi connectivity index (χ0) is 27.7. The fourth-order valence-corrected chi connectivity index (χ4v) is 4.59. The first-order chi connectivity index (χ1) is 18.3. The Hall–Kier alpha value is -4.87. The van der Waals surface area contributed by atoms with E-state index in [0.717, 1.165) is 11.3 Å². The summed E-state index contributed by atoms with van der Waals surface area (Å²) in [6.07, 6.45) is 6.64. The van der Waals surface area contributed by atoms with Crippen LogP contribution in [0.1, 0.15) is 6.92 Å². The lowest BCUT2D eigenvalue weighted by atomic mass is 10.2. The van der Waals surface area contributed by atoms with Gasteiger partial charge in [0.15, 0.2) is 5.57 Å². The number of carbonyl (C=O) groups excluding carboxylic acids is 2. The highest BCUT2D eigenvalue weighted by atomic mass is 32.1. The smallest absolute Gasteiger partial charge is 0.270 e. The average Bonchev–Trinajstić information content (AvgIpc) is 3.21. The van der Waals surface area contributed by atoms with Crippen molar-refractivity contribution in [2.45, 2.75) is 13.5 Å². The highest BCUT2D eigenvalue weighted by Crippen LogP contribution is 2.18. The summed E-state index contributed by atoms with van der Waals surface area (Å²) in [5, 5.41) is 17.7. The summed E-state index contributed by atoms with van der Waals surface area (Å²) in [5.41, 5.74) is 0.829. The molecular formula is C27H25FN6O3S. The molecule has 0 bridgehead atoms. The molecular weight excluding hydrogens is 507 g/mol. The number of nitrogens with one attached hydrogen (secondary N) is 3. The molecule has 0 saturated heterocycles. The van der Waals surface area contributed by atoms with Crippen LogP contribution in [0, 0.1) is 29.5 Å². The van der Waals surface area contributed by atoms with Gasteiger partial charge in [-0.1, -0.05) is 24.1 Å². The highest BCUT2D eigenvalue weighted by molar-refractivity contribution is 7.07. The summed E-state index contributed by atoms with van der Waals surface area (Å²) in [5.74, 6) is 0.853. The Morgan fingerprint density at radius 3 is 2.63 bits per heavy atom. The molecule has 194 valence electrons. The van der Waals surface area contributed by atoms with E-state index >= 15 is 0 Å². The molecule has 38 heavy (non-hydrogen) atoms. The first-order valence-corrected chi connectivity index (χ1v) is 12.3. The minimum atomic E-state index is -0.655. The maximum Gasteiger partial charge on any atom is 0.270 e. The molecule has 3 aromatic rings. The van der Waals surface area contributed by atoms with Crippen LogP contribution in [0.15, 0.2) is 53.3 Å². The van der Waals surface area contributed by atoms with Crippen molar-refractivity contribution in [3.05, 3.63) is 73.9 Å². The number of amides is 2. The van der Waals surface area contributed by atoms with Crippen LogP contribution in [0.3, 0.4) is 0 Å². The van der Waals surface area contributed by atoms with E-state index in [1.165, 1.54) is 21.7 Å². The monoisotopic (exact) mass is 532 g/mol. The minimum Gasteiger partial charge on any atom is -0.363 e. The van der Waals surface area contributed by atoms with E-state index in [2.05, 4.69) is 21.9 Å². The summed E-state index contributed by atoms with van der Waals surface area (Å²) in [6, 6.07) is 14.9. The van der Waals surface area contributed by atoms with Crippen molar-refractivity contribution in [2.75, 3.05) is 35.7 Å². The predicted molar refractivity (Wildman–Crippen MR) is 147 cm³/mol. The number of anilines is 3. The van der Waals surface area contributed by atoms with E-state index < -0.39 is 11.7 Å². The molecule has 0 unspecified atom stereocenters. The van der Waals surface area contributed by atoms with Gasteiger partial charge in [0, 0.05) is 31.2 Å². The Morgan fingerprint density at radius 1 is 1.21 bits per heavy atom. The van der Waals surface area contributed by atoms with E-state index in [-0.39, 0.29) is 45.9 Å². The number of hydrogen-bond acceptors (Lipinski definition) is 7. The molecule has 0 aliphatic rings. The normalized spacial score (nSPS) is 11.7. The number of nitriles is 1. The summed E-state index contributed by atoms with van der Waals surface area (Å²) in [4.78, 5) is 39.2. The van der Waals surface area contributed by atoms with E-state index in [9.17, 15) is 24.0 Å². The molecule has 0 spiro atoms. The third kappa shape index (κ3) is 6.66. The second-order valence-corrected chi connectivity index (χ2v) is 8.95. The van der Waals surface area contributed by atoms with Gasteiger partial charge in [0.05, 0.1) is 18.8 Å². The number of rotatable bonds is 9. The van der Waals surface area contributed by atoms with Crippen LogP contribution in [0.25, 0.3) is 11.8 Å². The number of carbonyl (C=O) groups is 2. The third-order valence-electron chi connectivity index (χ3n) is 5.29. The van der Waals surface area contributed by atoms with Crippen LogP contribution in [0.5, 0.6) is 0 Å². The number of nitrogens with zero attached hydrogens (tertiary/aromatic N) is 3. The van der Waals surface area contributed by atoms with Gasteiger partial charge in [-0.15, -0.1) is 17.8 Å². The number of likely N-dealkylation sites (N-methyl/N-ethyl adjacent to an activating group) is 1. The Kier molecular flexibility index (Phi) is 9.41. The molecule has 11 heteroatoms. The lowest BCUT2D eigenvalue weighted by molar-refractivity contribution is -0.116. The average molecular weight is 533 g/mol. The van der Waals surface area contributed by atoms with E-state index in [1.807, 2.05) is 6.07 Å². The number of aromatic nitrogens is 1. The zero-order valence-electron chi connectivity index (χ0n) is 20.7. The fourth-order valence-electron chi connectivity index (χ4n) is 3.51. The van der Waals surface area contributed by atoms with Gasteiger partial charge < -0.3 is 20.9 Å². The van der Waals surface area contributed by atoms with Crippen LogP contribution in [0.4, 0.5) is 21.5 Å². The van der Waals surface area contributed by atoms with Gasteiger partial charge in [0.2, 0.25) is 5.91 Å². The van der Waals surface area contributed by atoms with Crippen LogP contribution >= 0.6 is 11.3 Å². The van der Waals surface area contributed by atoms with Crippen LogP contribution < -0.4 is 35.6 Å². The molecule has 2 aromatic carbocycles. The predicted octanol–water partition coefficient (Wildman–Crippen LogP) is 1.42. The Labute approximate surface area is 222 Å². The van der Waals surface area contributed by atoms with E-state index in [4.69, 9.17) is 6.42 Å². The Morgan fingerprint density at radius 2 is 1.95 bits per heavy atom. The van der Waals surface area contributed by atoms with Crippen molar-refractivity contribution in [3.63, 3.8) is 0 Å². The molecule has 3 N–H and O–H groups in total. The fraction of sp³-hybridized carbons (Fsp3) is 0.185. The van der Waals surface area contributed by atoms with Crippen LogP contribution in [-0.2, 0) is 16.1 Å². The van der Waals surface area contributed by atoms with Gasteiger partial charge in [-0.05, 0) is 37.3 Å². The SMILES string of the molecule is C#CCNC(=O)/C(C#N)=c1\s/c(=C/Nc2cccc(NC(=O)CN(C)c3ccccc3F)c2)c(=O)n1CC. The molecule has 0 aliphatic carbocycles. The van der Waals surface area contributed by atoms with Crippen LogP contribution in [-0.4, -0.2) is 36.5 Å². The van der Waals surface area contributed by atoms with Crippen molar-refractivity contribution < 1.29 is 14.0 Å². The molecule has 3 rings (SSSR count). The van der Waals surface area contributed by atoms with Crippen molar-refractivity contribution in [1.29, 1.82) is 5.26 Å². The number of benzene rings is 2. The Bertz CT molecular complexity index is 1610. The van der Waals surface area contributed by atoms with Crippen molar-refractivity contribution >= 4 is 52.0 Å². The maximum absolute atomic E-state index is 14.0. The second-order valence-electron chi connectivity index (χ2n) is 7.92. The second kappa shape index (κ2) is 12.9. The highest BCUT2D eigenvalue weighted by Gasteiger charge is 2.15. The standard InChI is InChI=1S/C27H25FN6O3S/c1-4-13-30-25(36)20(15-29)27-34(5-2)26(37)23(38-27)16-31-18-9-8-10-19(14-18)32-24(35)17-33(3)22-12-7-6-11-21(22)28/h1,6-12,14,16,31H,5,13,17H2,2-3H3,(H,30,36)(H,32,35)/b23-16+,27-20-. The van der Waals surface area contributed by atoms with Gasteiger partial charge in [0.1, 0.15) is 21.1 Å². The molecule has 1 heterocycles. The van der Waals surface area contributed by atoms with E-state index in [0.29, 0.717) is 17.1 Å². The number of para-hydroxylation sites is 1. The number of terminal acetylenes is 1. The third-order valence-corrected chi connectivity index (χ3v) is 6.42. The lowest BCUT2D eigenvalue weighted by Gasteiger charge is -2.19. The molecule has 0 fully saturated rings. The molecule has 0 radical (unpaired) electrons. The van der Waals surface area contributed by atoms with Gasteiger partial charge >= 0.3 is 0 Å². The summed E-state index contributed by atoms with van der Waals surface area (Å²) >= 11 is 1.000. The molecule has 0 atom stereocenters. The maximum atomic E-state index is 14.0. The van der Waals surface area contributed by atoms with Crippen molar-refractivity contribution in [2.24, 2.45) is 0 Å². The number of hydrogen-bond donors (Lipinski definition) is 3. The molecule has 0 saturated carbocycles. The first-order valence-electron chi connectivity index (χ1n) is 11.5. The lowest BCUT2D eigenvalue weighted by Crippen LogP contribution is -2.34. The van der Waals surface area contributed by atoms with E-state index in [1.54, 1.807) is 56.4 Å². The van der Waals surface area contributed by atoms with Gasteiger partial charge in [0.25, 0.3) is 11.5 Å². The molecule has 0 aliphatic heterocycles. The van der Waals surface area contributed by atoms with Gasteiger partial charge in [-0.3, -0.25) is 19.0 Å². The topological polar surface area (TPSA) is 119 Å². The van der Waals surface area contributed by atoms with Crippen molar-refractivity contribution in [1.82, 2.24) is 9.88 Å².